The molecule has 1 aromatic carbocycles. The van der Waals surface area contributed by atoms with Crippen LogP contribution in [0.3, 0.4) is 0 Å². The summed E-state index contributed by atoms with van der Waals surface area (Å²) in [6.45, 7) is 2.81. The molecular weight excluding hydrogens is 282 g/mol. The molecule has 7 nitrogen and oxygen atoms in total. The first kappa shape index (κ1) is 14.2. The number of likely N-dealkylation sites (N-methyl/N-ethyl adjacent to an activating group) is 1. The molecule has 1 unspecified atom stereocenters. The number of amides is 2. The summed E-state index contributed by atoms with van der Waals surface area (Å²) < 4.78 is 0. The quantitative estimate of drug-likeness (QED) is 0.828. The van der Waals surface area contributed by atoms with E-state index >= 15 is 0 Å². The lowest BCUT2D eigenvalue weighted by Crippen LogP contribution is -2.56. The van der Waals surface area contributed by atoms with Gasteiger partial charge in [-0.3, -0.25) is 9.59 Å². The number of nitrogen functional groups attached to an aromatic ring is 1. The summed E-state index contributed by atoms with van der Waals surface area (Å²) in [5.41, 5.74) is 6.90. The predicted molar refractivity (Wildman–Crippen MR) is 82.1 cm³/mol. The second-order valence-corrected chi connectivity index (χ2v) is 5.43. The Labute approximate surface area is 127 Å². The van der Waals surface area contributed by atoms with Crippen molar-refractivity contribution in [3.8, 4) is 0 Å². The van der Waals surface area contributed by atoms with E-state index < -0.39 is 6.04 Å². The third-order valence-corrected chi connectivity index (χ3v) is 4.05. The molecule has 0 bridgehead atoms. The number of hydrogen-bond acceptors (Lipinski definition) is 5. The molecule has 1 fully saturated rings. The van der Waals surface area contributed by atoms with E-state index in [4.69, 9.17) is 5.73 Å². The van der Waals surface area contributed by atoms with Crippen molar-refractivity contribution in [3.63, 3.8) is 0 Å². The monoisotopic (exact) mass is 299 g/mol. The van der Waals surface area contributed by atoms with Gasteiger partial charge in [-0.15, -0.1) is 0 Å². The molecule has 2 amide bonds. The minimum atomic E-state index is -0.461. The molecule has 7 heteroatoms. The Balaban J connectivity index is 1.94. The maximum Gasteiger partial charge on any atom is 0.254 e. The van der Waals surface area contributed by atoms with E-state index in [1.54, 1.807) is 42.0 Å². The number of aromatic nitrogens is 2. The molecule has 0 spiro atoms. The number of hydrogen-bond donors (Lipinski definition) is 1. The van der Waals surface area contributed by atoms with E-state index in [1.165, 1.54) is 6.33 Å². The zero-order chi connectivity index (χ0) is 15.9. The zero-order valence-corrected chi connectivity index (χ0v) is 12.5. The third kappa shape index (κ3) is 2.24. The Kier molecular flexibility index (Phi) is 3.40. The van der Waals surface area contributed by atoms with Crippen LogP contribution in [0, 0.1) is 0 Å². The van der Waals surface area contributed by atoms with Gasteiger partial charge in [-0.05, 0) is 25.1 Å². The van der Waals surface area contributed by atoms with Gasteiger partial charge in [0.15, 0.2) is 0 Å². The minimum absolute atomic E-state index is 0.0491. The first-order valence-corrected chi connectivity index (χ1v) is 7.05. The number of carbonyl (C=O) groups is 2. The number of nitrogens with two attached hydrogens (primary N) is 1. The van der Waals surface area contributed by atoms with E-state index in [2.05, 4.69) is 9.97 Å². The highest BCUT2D eigenvalue weighted by Gasteiger charge is 2.33. The van der Waals surface area contributed by atoms with Crippen molar-refractivity contribution >= 4 is 28.5 Å². The molecule has 0 saturated carbocycles. The van der Waals surface area contributed by atoms with Gasteiger partial charge in [0.25, 0.3) is 5.91 Å². The fourth-order valence-corrected chi connectivity index (χ4v) is 2.67. The van der Waals surface area contributed by atoms with E-state index in [0.717, 1.165) is 0 Å². The van der Waals surface area contributed by atoms with Crippen LogP contribution in [0.25, 0.3) is 10.9 Å². The molecule has 2 aromatic rings. The van der Waals surface area contributed by atoms with Gasteiger partial charge >= 0.3 is 0 Å². The van der Waals surface area contributed by atoms with Crippen LogP contribution in [0.2, 0.25) is 0 Å². The van der Waals surface area contributed by atoms with E-state index in [-0.39, 0.29) is 11.8 Å². The highest BCUT2D eigenvalue weighted by molar-refractivity contribution is 6.01. The van der Waals surface area contributed by atoms with Crippen LogP contribution in [-0.2, 0) is 4.79 Å². The second-order valence-electron chi connectivity index (χ2n) is 5.43. The topological polar surface area (TPSA) is 92.4 Å². The first-order chi connectivity index (χ1) is 10.5. The molecule has 1 atom stereocenters. The lowest BCUT2D eigenvalue weighted by Gasteiger charge is -2.37. The van der Waals surface area contributed by atoms with Gasteiger partial charge in [-0.1, -0.05) is 0 Å². The summed E-state index contributed by atoms with van der Waals surface area (Å²) in [5.74, 6) is 0.159. The van der Waals surface area contributed by atoms with Gasteiger partial charge in [0.05, 0.1) is 5.52 Å². The van der Waals surface area contributed by atoms with Crippen LogP contribution < -0.4 is 5.73 Å². The van der Waals surface area contributed by atoms with E-state index in [9.17, 15) is 9.59 Å². The maximum atomic E-state index is 12.7. The molecule has 3 rings (SSSR count). The smallest absolute Gasteiger partial charge is 0.254 e. The van der Waals surface area contributed by atoms with Crippen LogP contribution in [0.1, 0.15) is 17.3 Å². The number of carbonyl (C=O) groups excluding carboxylic acids is 2. The van der Waals surface area contributed by atoms with Crippen LogP contribution >= 0.6 is 0 Å². The van der Waals surface area contributed by atoms with Crippen molar-refractivity contribution < 1.29 is 9.59 Å². The van der Waals surface area contributed by atoms with Gasteiger partial charge in [-0.25, -0.2) is 9.97 Å². The number of benzene rings is 1. The lowest BCUT2D eigenvalue weighted by molar-refractivity contribution is -0.137. The zero-order valence-electron chi connectivity index (χ0n) is 12.5. The van der Waals surface area contributed by atoms with Crippen LogP contribution in [0.15, 0.2) is 24.5 Å². The van der Waals surface area contributed by atoms with Gasteiger partial charge < -0.3 is 15.5 Å². The third-order valence-electron chi connectivity index (χ3n) is 4.05. The molecule has 0 radical (unpaired) electrons. The van der Waals surface area contributed by atoms with Crippen molar-refractivity contribution in [1.82, 2.24) is 19.8 Å². The summed E-state index contributed by atoms with van der Waals surface area (Å²) in [5, 5.41) is 0.710. The van der Waals surface area contributed by atoms with Crippen molar-refractivity contribution in [2.75, 3.05) is 25.9 Å². The summed E-state index contributed by atoms with van der Waals surface area (Å²) in [6.07, 6.45) is 1.37. The van der Waals surface area contributed by atoms with Gasteiger partial charge in [-0.2, -0.15) is 0 Å². The van der Waals surface area contributed by atoms with Gasteiger partial charge in [0.1, 0.15) is 18.2 Å². The number of piperazine rings is 1. The largest absolute Gasteiger partial charge is 0.383 e. The molecule has 0 aliphatic carbocycles. The Morgan fingerprint density at radius 3 is 2.86 bits per heavy atom. The Bertz CT molecular complexity index is 761. The number of fused-ring (bicyclic) bond motifs is 1. The van der Waals surface area contributed by atoms with Crippen molar-refractivity contribution in [2.45, 2.75) is 13.0 Å². The molecule has 22 heavy (non-hydrogen) atoms. The standard InChI is InChI=1S/C15H17N5O2/c1-9-14(21)19(2)5-6-20(9)15(22)10-3-4-11-12(7-10)17-8-18-13(11)16/h3-4,7-9H,5-6H2,1-2H3,(H2,16,17,18). The summed E-state index contributed by atoms with van der Waals surface area (Å²) >= 11 is 0. The SMILES string of the molecule is CC1C(=O)N(C)CCN1C(=O)c1ccc2c(N)ncnc2c1. The second kappa shape index (κ2) is 5.25. The molecule has 1 aliphatic rings. The number of nitrogens with zero attached hydrogens (tertiary/aromatic N) is 4. The average molecular weight is 299 g/mol. The summed E-state index contributed by atoms with van der Waals surface area (Å²) in [6, 6.07) is 4.66. The van der Waals surface area contributed by atoms with Crippen LogP contribution in [0.4, 0.5) is 5.82 Å². The Morgan fingerprint density at radius 2 is 2.09 bits per heavy atom. The van der Waals surface area contributed by atoms with Crippen molar-refractivity contribution in [2.24, 2.45) is 0 Å². The Morgan fingerprint density at radius 1 is 1.32 bits per heavy atom. The fraction of sp³-hybridized carbons (Fsp3) is 0.333. The molecule has 114 valence electrons. The molecule has 1 saturated heterocycles. The van der Waals surface area contributed by atoms with Gasteiger partial charge in [0.2, 0.25) is 5.91 Å². The molecule has 2 heterocycles. The Hall–Kier alpha value is -2.70. The summed E-state index contributed by atoms with van der Waals surface area (Å²) in [7, 11) is 1.75. The number of rotatable bonds is 1. The molecule has 2 N–H and O–H groups in total. The predicted octanol–water partition coefficient (Wildman–Crippen LogP) is 0.515. The van der Waals surface area contributed by atoms with Crippen molar-refractivity contribution in [3.05, 3.63) is 30.1 Å². The van der Waals surface area contributed by atoms with Crippen LogP contribution in [-0.4, -0.2) is 57.8 Å². The van der Waals surface area contributed by atoms with Gasteiger partial charge in [0, 0.05) is 31.1 Å². The molecule has 1 aromatic heterocycles. The lowest BCUT2D eigenvalue weighted by atomic mass is 10.1. The summed E-state index contributed by atoms with van der Waals surface area (Å²) in [4.78, 5) is 36.0. The van der Waals surface area contributed by atoms with Crippen molar-refractivity contribution in [1.29, 1.82) is 0 Å². The van der Waals surface area contributed by atoms with E-state index in [1.807, 2.05) is 0 Å². The molecular formula is C15H17N5O2. The van der Waals surface area contributed by atoms with Crippen LogP contribution in [0.5, 0.6) is 0 Å². The first-order valence-electron chi connectivity index (χ1n) is 7.05. The minimum Gasteiger partial charge on any atom is -0.383 e. The highest BCUT2D eigenvalue weighted by atomic mass is 16.2. The molecule has 1 aliphatic heterocycles. The number of anilines is 1. The fourth-order valence-electron chi connectivity index (χ4n) is 2.67. The van der Waals surface area contributed by atoms with E-state index in [0.29, 0.717) is 35.4 Å². The normalized spacial score (nSPS) is 18.8. The average Bonchev–Trinajstić information content (AvgIpc) is 2.52. The maximum absolute atomic E-state index is 12.7. The highest BCUT2D eigenvalue weighted by Crippen LogP contribution is 2.20.